The fourth-order valence-corrected chi connectivity index (χ4v) is 2.46. The van der Waals surface area contributed by atoms with Crippen molar-refractivity contribution >= 4 is 10.0 Å². The first-order valence-corrected chi connectivity index (χ1v) is 8.07. The lowest BCUT2D eigenvalue weighted by atomic mass is 9.95. The van der Waals surface area contributed by atoms with Gasteiger partial charge in [0.15, 0.2) is 0 Å². The highest BCUT2D eigenvalue weighted by atomic mass is 32.2. The first kappa shape index (κ1) is 14.9. The minimum atomic E-state index is -3.07. The third kappa shape index (κ3) is 6.35. The molecule has 1 fully saturated rings. The van der Waals surface area contributed by atoms with Gasteiger partial charge in [0.1, 0.15) is 0 Å². The number of hydrogen-bond acceptors (Lipinski definition) is 4. The van der Waals surface area contributed by atoms with E-state index in [1.54, 1.807) is 0 Å². The summed E-state index contributed by atoms with van der Waals surface area (Å²) in [5, 5.41) is 3.37. The summed E-state index contributed by atoms with van der Waals surface area (Å²) < 4.78 is 29.9. The molecule has 0 radical (unpaired) electrons. The average Bonchev–Trinajstić information content (AvgIpc) is 2.23. The van der Waals surface area contributed by atoms with Crippen molar-refractivity contribution in [2.75, 3.05) is 26.0 Å². The molecule has 2 N–H and O–H groups in total. The lowest BCUT2D eigenvalue weighted by Crippen LogP contribution is -2.43. The lowest BCUT2D eigenvalue weighted by molar-refractivity contribution is -0.0241. The van der Waals surface area contributed by atoms with Crippen molar-refractivity contribution in [2.45, 2.75) is 38.8 Å². The molecule has 0 bridgehead atoms. The smallest absolute Gasteiger partial charge is 0.208 e. The Kier molecular flexibility index (Phi) is 5.85. The number of rotatable bonds is 6. The van der Waals surface area contributed by atoms with E-state index in [0.29, 0.717) is 31.2 Å². The molecule has 17 heavy (non-hydrogen) atoms. The van der Waals surface area contributed by atoms with Crippen LogP contribution in [0.25, 0.3) is 0 Å². The van der Waals surface area contributed by atoms with Gasteiger partial charge in [0.2, 0.25) is 10.0 Å². The van der Waals surface area contributed by atoms with Crippen molar-refractivity contribution in [3.8, 4) is 0 Å². The minimum absolute atomic E-state index is 0.323. The quantitative estimate of drug-likeness (QED) is 0.678. The summed E-state index contributed by atoms with van der Waals surface area (Å²) in [6.07, 6.45) is 3.51. The summed E-state index contributed by atoms with van der Waals surface area (Å²) in [6, 6.07) is 0.442. The molecule has 1 aliphatic heterocycles. The van der Waals surface area contributed by atoms with E-state index in [1.165, 1.54) is 6.26 Å². The van der Waals surface area contributed by atoms with Crippen LogP contribution in [0.4, 0.5) is 0 Å². The van der Waals surface area contributed by atoms with Gasteiger partial charge in [0.25, 0.3) is 0 Å². The Bertz CT molecular complexity index is 317. The third-order valence-corrected chi connectivity index (χ3v) is 3.71. The van der Waals surface area contributed by atoms with E-state index in [0.717, 1.165) is 19.4 Å². The van der Waals surface area contributed by atoms with E-state index in [-0.39, 0.29) is 0 Å². The van der Waals surface area contributed by atoms with Crippen LogP contribution in [0.2, 0.25) is 0 Å². The summed E-state index contributed by atoms with van der Waals surface area (Å²) in [5.74, 6) is 0.536. The number of sulfonamides is 1. The monoisotopic (exact) mass is 264 g/mol. The first-order valence-electron chi connectivity index (χ1n) is 6.18. The van der Waals surface area contributed by atoms with Crippen LogP contribution in [0.3, 0.4) is 0 Å². The Hall–Kier alpha value is -0.170. The van der Waals surface area contributed by atoms with E-state index in [2.05, 4.69) is 23.9 Å². The van der Waals surface area contributed by atoms with Gasteiger partial charge in [-0.25, -0.2) is 13.1 Å². The van der Waals surface area contributed by atoms with Gasteiger partial charge in [0, 0.05) is 25.7 Å². The summed E-state index contributed by atoms with van der Waals surface area (Å²) in [4.78, 5) is 0. The molecule has 0 aromatic heterocycles. The SMILES string of the molecule is CC(C)C1CC(NCCNS(C)(=O)=O)CCO1. The minimum Gasteiger partial charge on any atom is -0.378 e. The molecular formula is C11H24N2O3S. The zero-order chi connectivity index (χ0) is 12.9. The standard InChI is InChI=1S/C11H24N2O3S/c1-9(2)11-8-10(4-7-16-11)12-5-6-13-17(3,14)15/h9-13H,4-8H2,1-3H3. The molecule has 1 heterocycles. The Balaban J connectivity index is 2.19. The van der Waals surface area contributed by atoms with Gasteiger partial charge in [-0.1, -0.05) is 13.8 Å². The third-order valence-electron chi connectivity index (χ3n) is 2.98. The van der Waals surface area contributed by atoms with Crippen LogP contribution >= 0.6 is 0 Å². The van der Waals surface area contributed by atoms with Gasteiger partial charge in [-0.15, -0.1) is 0 Å². The van der Waals surface area contributed by atoms with E-state index >= 15 is 0 Å². The van der Waals surface area contributed by atoms with Gasteiger partial charge in [-0.05, 0) is 18.8 Å². The molecule has 2 unspecified atom stereocenters. The molecule has 1 saturated heterocycles. The number of nitrogens with one attached hydrogen (secondary N) is 2. The molecule has 2 atom stereocenters. The molecule has 5 nitrogen and oxygen atoms in total. The Morgan fingerprint density at radius 2 is 2.06 bits per heavy atom. The fourth-order valence-electron chi connectivity index (χ4n) is 1.99. The second-order valence-electron chi connectivity index (χ2n) is 5.00. The zero-order valence-electron chi connectivity index (χ0n) is 10.9. The normalized spacial score (nSPS) is 26.4. The van der Waals surface area contributed by atoms with E-state index in [1.807, 2.05) is 0 Å². The van der Waals surface area contributed by atoms with E-state index < -0.39 is 10.0 Å². The lowest BCUT2D eigenvalue weighted by Gasteiger charge is -2.32. The predicted molar refractivity (Wildman–Crippen MR) is 68.4 cm³/mol. The molecule has 0 aromatic carbocycles. The Labute approximate surface area is 104 Å². The molecule has 0 aromatic rings. The summed E-state index contributed by atoms with van der Waals surface area (Å²) in [5.41, 5.74) is 0. The van der Waals surface area contributed by atoms with Crippen molar-refractivity contribution in [2.24, 2.45) is 5.92 Å². The van der Waals surface area contributed by atoms with Gasteiger partial charge < -0.3 is 10.1 Å². The summed E-state index contributed by atoms with van der Waals surface area (Å²) in [7, 11) is -3.07. The second-order valence-corrected chi connectivity index (χ2v) is 6.83. The van der Waals surface area contributed by atoms with Gasteiger partial charge >= 0.3 is 0 Å². The van der Waals surface area contributed by atoms with Gasteiger partial charge in [-0.3, -0.25) is 0 Å². The van der Waals surface area contributed by atoms with Crippen LogP contribution in [-0.2, 0) is 14.8 Å². The maximum atomic E-state index is 10.9. The second kappa shape index (κ2) is 6.68. The topological polar surface area (TPSA) is 67.4 Å². The number of hydrogen-bond donors (Lipinski definition) is 2. The van der Waals surface area contributed by atoms with Crippen LogP contribution in [0.1, 0.15) is 26.7 Å². The fraction of sp³-hybridized carbons (Fsp3) is 1.00. The molecule has 0 spiro atoms. The van der Waals surface area contributed by atoms with Crippen LogP contribution < -0.4 is 10.0 Å². The van der Waals surface area contributed by atoms with Crippen LogP contribution in [0.15, 0.2) is 0 Å². The highest BCUT2D eigenvalue weighted by Crippen LogP contribution is 2.19. The van der Waals surface area contributed by atoms with Gasteiger partial charge in [-0.2, -0.15) is 0 Å². The largest absolute Gasteiger partial charge is 0.378 e. The molecule has 102 valence electrons. The van der Waals surface area contributed by atoms with Crippen molar-refractivity contribution in [3.05, 3.63) is 0 Å². The van der Waals surface area contributed by atoms with Crippen molar-refractivity contribution in [3.63, 3.8) is 0 Å². The van der Waals surface area contributed by atoms with Crippen molar-refractivity contribution in [1.82, 2.24) is 10.0 Å². The van der Waals surface area contributed by atoms with E-state index in [9.17, 15) is 8.42 Å². The molecule has 1 aliphatic rings. The maximum Gasteiger partial charge on any atom is 0.208 e. The van der Waals surface area contributed by atoms with Crippen molar-refractivity contribution in [1.29, 1.82) is 0 Å². The Morgan fingerprint density at radius 3 is 2.65 bits per heavy atom. The zero-order valence-corrected chi connectivity index (χ0v) is 11.7. The Morgan fingerprint density at radius 1 is 1.35 bits per heavy atom. The number of ether oxygens (including phenoxy) is 1. The average molecular weight is 264 g/mol. The maximum absolute atomic E-state index is 10.9. The first-order chi connectivity index (χ1) is 7.88. The molecule has 0 amide bonds. The molecule has 1 rings (SSSR count). The van der Waals surface area contributed by atoms with E-state index in [4.69, 9.17) is 4.74 Å². The summed E-state index contributed by atoms with van der Waals surface area (Å²) in [6.45, 7) is 6.24. The molecule has 6 heteroatoms. The van der Waals surface area contributed by atoms with Crippen LogP contribution in [0, 0.1) is 5.92 Å². The molecule has 0 saturated carbocycles. The van der Waals surface area contributed by atoms with Crippen LogP contribution in [0.5, 0.6) is 0 Å². The van der Waals surface area contributed by atoms with Crippen molar-refractivity contribution < 1.29 is 13.2 Å². The highest BCUT2D eigenvalue weighted by molar-refractivity contribution is 7.88. The van der Waals surface area contributed by atoms with Gasteiger partial charge in [0.05, 0.1) is 12.4 Å². The molecular weight excluding hydrogens is 240 g/mol. The molecule has 0 aliphatic carbocycles. The van der Waals surface area contributed by atoms with Crippen LogP contribution in [-0.4, -0.2) is 46.5 Å². The highest BCUT2D eigenvalue weighted by Gasteiger charge is 2.24. The summed E-state index contributed by atoms with van der Waals surface area (Å²) >= 11 is 0. The predicted octanol–water partition coefficient (Wildman–Crippen LogP) is 0.329.